The van der Waals surface area contributed by atoms with Gasteiger partial charge in [0.25, 0.3) is 0 Å². The van der Waals surface area contributed by atoms with E-state index in [4.69, 9.17) is 9.47 Å². The Balaban J connectivity index is 2.84. The minimum Gasteiger partial charge on any atom is -0.497 e. The summed E-state index contributed by atoms with van der Waals surface area (Å²) in [6.45, 7) is 7.06. The van der Waals surface area contributed by atoms with E-state index in [1.165, 1.54) is 0 Å². The molecule has 0 aromatic heterocycles. The standard InChI is InChI=1S/C13H19NO2/c1-10(2)9-16-13-6-5-12(15-4)7-11(13)8-14-3/h5-7,14H,1,8-9H2,2-4H3. The number of nitrogens with one attached hydrogen (secondary N) is 1. The van der Waals surface area contributed by atoms with E-state index in [9.17, 15) is 0 Å². The maximum Gasteiger partial charge on any atom is 0.124 e. The largest absolute Gasteiger partial charge is 0.497 e. The first-order valence-corrected chi connectivity index (χ1v) is 5.26. The van der Waals surface area contributed by atoms with E-state index in [1.54, 1.807) is 7.11 Å². The van der Waals surface area contributed by atoms with E-state index in [0.29, 0.717) is 6.61 Å². The first-order valence-electron chi connectivity index (χ1n) is 5.26. The van der Waals surface area contributed by atoms with Gasteiger partial charge in [0.15, 0.2) is 0 Å². The van der Waals surface area contributed by atoms with Crippen molar-refractivity contribution in [1.82, 2.24) is 5.32 Å². The second-order valence-electron chi connectivity index (χ2n) is 3.75. The predicted molar refractivity (Wildman–Crippen MR) is 66.1 cm³/mol. The molecular formula is C13H19NO2. The molecule has 0 saturated heterocycles. The molecule has 0 spiro atoms. The number of rotatable bonds is 6. The minimum absolute atomic E-state index is 0.545. The van der Waals surface area contributed by atoms with E-state index >= 15 is 0 Å². The molecule has 1 N–H and O–H groups in total. The monoisotopic (exact) mass is 221 g/mol. The third-order valence-corrected chi connectivity index (χ3v) is 2.11. The van der Waals surface area contributed by atoms with Crippen molar-refractivity contribution in [2.45, 2.75) is 13.5 Å². The first kappa shape index (κ1) is 12.6. The van der Waals surface area contributed by atoms with Crippen molar-refractivity contribution in [1.29, 1.82) is 0 Å². The lowest BCUT2D eigenvalue weighted by Gasteiger charge is -2.12. The van der Waals surface area contributed by atoms with Crippen LogP contribution in [0.4, 0.5) is 0 Å². The molecule has 0 amide bonds. The normalized spacial score (nSPS) is 9.94. The smallest absolute Gasteiger partial charge is 0.124 e. The summed E-state index contributed by atoms with van der Waals surface area (Å²) in [6.07, 6.45) is 0. The van der Waals surface area contributed by atoms with E-state index < -0.39 is 0 Å². The van der Waals surface area contributed by atoms with Gasteiger partial charge in [0, 0.05) is 12.1 Å². The van der Waals surface area contributed by atoms with Crippen LogP contribution in [0, 0.1) is 0 Å². The van der Waals surface area contributed by atoms with Gasteiger partial charge in [-0.15, -0.1) is 0 Å². The molecule has 0 saturated carbocycles. The molecule has 0 aliphatic rings. The van der Waals surface area contributed by atoms with E-state index in [1.807, 2.05) is 32.2 Å². The number of methoxy groups -OCH3 is 1. The molecule has 3 heteroatoms. The summed E-state index contributed by atoms with van der Waals surface area (Å²) in [6, 6.07) is 5.80. The molecule has 0 aliphatic heterocycles. The van der Waals surface area contributed by atoms with Crippen molar-refractivity contribution < 1.29 is 9.47 Å². The van der Waals surface area contributed by atoms with Crippen LogP contribution in [0.3, 0.4) is 0 Å². The maximum absolute atomic E-state index is 5.66. The number of ether oxygens (including phenoxy) is 2. The SMILES string of the molecule is C=C(C)COc1ccc(OC)cc1CNC. The van der Waals surface area contributed by atoms with Crippen molar-refractivity contribution >= 4 is 0 Å². The summed E-state index contributed by atoms with van der Waals surface area (Å²) >= 11 is 0. The van der Waals surface area contributed by atoms with E-state index in [2.05, 4.69) is 11.9 Å². The van der Waals surface area contributed by atoms with Crippen LogP contribution < -0.4 is 14.8 Å². The zero-order valence-electron chi connectivity index (χ0n) is 10.2. The lowest BCUT2D eigenvalue weighted by atomic mass is 10.2. The second-order valence-corrected chi connectivity index (χ2v) is 3.75. The Labute approximate surface area is 97.1 Å². The van der Waals surface area contributed by atoms with Crippen molar-refractivity contribution in [3.63, 3.8) is 0 Å². The van der Waals surface area contributed by atoms with E-state index in [0.717, 1.165) is 29.2 Å². The van der Waals surface area contributed by atoms with Gasteiger partial charge < -0.3 is 14.8 Å². The van der Waals surface area contributed by atoms with Crippen LogP contribution >= 0.6 is 0 Å². The molecule has 1 aromatic rings. The van der Waals surface area contributed by atoms with Gasteiger partial charge in [-0.05, 0) is 37.7 Å². The highest BCUT2D eigenvalue weighted by Crippen LogP contribution is 2.24. The van der Waals surface area contributed by atoms with Crippen LogP contribution in [0.2, 0.25) is 0 Å². The quantitative estimate of drug-likeness (QED) is 0.748. The maximum atomic E-state index is 5.66. The topological polar surface area (TPSA) is 30.5 Å². The molecule has 0 heterocycles. The van der Waals surface area contributed by atoms with Crippen molar-refractivity contribution in [3.05, 3.63) is 35.9 Å². The molecule has 0 bridgehead atoms. The third kappa shape index (κ3) is 3.59. The van der Waals surface area contributed by atoms with Gasteiger partial charge in [0.1, 0.15) is 18.1 Å². The van der Waals surface area contributed by atoms with Gasteiger partial charge in [0.05, 0.1) is 7.11 Å². The Morgan fingerprint density at radius 3 is 2.75 bits per heavy atom. The predicted octanol–water partition coefficient (Wildman–Crippen LogP) is 2.37. The molecule has 16 heavy (non-hydrogen) atoms. The molecule has 1 rings (SSSR count). The van der Waals surface area contributed by atoms with Gasteiger partial charge in [-0.2, -0.15) is 0 Å². The lowest BCUT2D eigenvalue weighted by Crippen LogP contribution is -2.08. The van der Waals surface area contributed by atoms with Gasteiger partial charge in [-0.1, -0.05) is 6.58 Å². The summed E-state index contributed by atoms with van der Waals surface area (Å²) in [5.74, 6) is 1.71. The van der Waals surface area contributed by atoms with Gasteiger partial charge in [-0.25, -0.2) is 0 Å². The Morgan fingerprint density at radius 2 is 2.19 bits per heavy atom. The third-order valence-electron chi connectivity index (χ3n) is 2.11. The summed E-state index contributed by atoms with van der Waals surface area (Å²) in [5.41, 5.74) is 2.09. The molecule has 88 valence electrons. The Hall–Kier alpha value is -1.48. The molecule has 0 atom stereocenters. The number of benzene rings is 1. The molecule has 1 aromatic carbocycles. The van der Waals surface area contributed by atoms with Crippen LogP contribution in [-0.2, 0) is 6.54 Å². The highest BCUT2D eigenvalue weighted by molar-refractivity contribution is 5.40. The molecule has 0 fully saturated rings. The summed E-state index contributed by atoms with van der Waals surface area (Å²) in [7, 11) is 3.56. The summed E-state index contributed by atoms with van der Waals surface area (Å²) in [5, 5.41) is 3.11. The van der Waals surface area contributed by atoms with Crippen LogP contribution in [0.15, 0.2) is 30.4 Å². The average molecular weight is 221 g/mol. The summed E-state index contributed by atoms with van der Waals surface area (Å²) in [4.78, 5) is 0. The first-order chi connectivity index (χ1) is 7.67. The fourth-order valence-electron chi connectivity index (χ4n) is 1.35. The lowest BCUT2D eigenvalue weighted by molar-refractivity contribution is 0.346. The fraction of sp³-hybridized carbons (Fsp3) is 0.385. The Bertz CT molecular complexity index is 361. The van der Waals surface area contributed by atoms with Gasteiger partial charge in [0.2, 0.25) is 0 Å². The second kappa shape index (κ2) is 6.18. The Morgan fingerprint density at radius 1 is 1.44 bits per heavy atom. The van der Waals surface area contributed by atoms with Crippen molar-refractivity contribution in [3.8, 4) is 11.5 Å². The minimum atomic E-state index is 0.545. The molecule has 0 unspecified atom stereocenters. The number of hydrogen-bond donors (Lipinski definition) is 1. The van der Waals surface area contributed by atoms with Crippen molar-refractivity contribution in [2.24, 2.45) is 0 Å². The average Bonchev–Trinajstić information content (AvgIpc) is 2.27. The van der Waals surface area contributed by atoms with Crippen LogP contribution in [0.5, 0.6) is 11.5 Å². The molecule has 0 aliphatic carbocycles. The number of hydrogen-bond acceptors (Lipinski definition) is 3. The molecule has 3 nitrogen and oxygen atoms in total. The van der Waals surface area contributed by atoms with E-state index in [-0.39, 0.29) is 0 Å². The molecule has 0 radical (unpaired) electrons. The van der Waals surface area contributed by atoms with Crippen molar-refractivity contribution in [2.75, 3.05) is 20.8 Å². The highest BCUT2D eigenvalue weighted by atomic mass is 16.5. The highest BCUT2D eigenvalue weighted by Gasteiger charge is 2.05. The summed E-state index contributed by atoms with van der Waals surface area (Å²) < 4.78 is 10.8. The van der Waals surface area contributed by atoms with Gasteiger partial charge in [-0.3, -0.25) is 0 Å². The van der Waals surface area contributed by atoms with Crippen LogP contribution in [0.25, 0.3) is 0 Å². The fourth-order valence-corrected chi connectivity index (χ4v) is 1.35. The Kier molecular flexibility index (Phi) is 4.86. The zero-order valence-corrected chi connectivity index (χ0v) is 10.2. The van der Waals surface area contributed by atoms with Gasteiger partial charge >= 0.3 is 0 Å². The van der Waals surface area contributed by atoms with Crippen LogP contribution in [-0.4, -0.2) is 20.8 Å². The molecular weight excluding hydrogens is 202 g/mol. The van der Waals surface area contributed by atoms with Crippen LogP contribution in [0.1, 0.15) is 12.5 Å². The zero-order chi connectivity index (χ0) is 12.0.